The lowest BCUT2D eigenvalue weighted by Gasteiger charge is -2.40. The van der Waals surface area contributed by atoms with Crippen molar-refractivity contribution >= 4 is 5.82 Å². The molecule has 0 spiro atoms. The molecule has 2 atom stereocenters. The molecular weight excluding hydrogens is 238 g/mol. The second-order valence-electron chi connectivity index (χ2n) is 5.29. The van der Waals surface area contributed by atoms with Gasteiger partial charge in [0, 0.05) is 25.3 Å². The summed E-state index contributed by atoms with van der Waals surface area (Å²) in [4.78, 5) is 6.87. The Kier molecular flexibility index (Phi) is 5.02. The highest BCUT2D eigenvalue weighted by Crippen LogP contribution is 2.32. The molecule has 0 amide bonds. The van der Waals surface area contributed by atoms with Crippen LogP contribution in [0.15, 0.2) is 18.3 Å². The van der Waals surface area contributed by atoms with Crippen molar-refractivity contribution in [2.24, 2.45) is 11.7 Å². The van der Waals surface area contributed by atoms with Gasteiger partial charge in [-0.1, -0.05) is 13.8 Å². The highest BCUT2D eigenvalue weighted by molar-refractivity contribution is 5.53. The summed E-state index contributed by atoms with van der Waals surface area (Å²) in [5.41, 5.74) is 5.96. The van der Waals surface area contributed by atoms with Gasteiger partial charge in [-0.25, -0.2) is 4.98 Å². The monoisotopic (exact) mass is 263 g/mol. The molecule has 4 heteroatoms. The van der Waals surface area contributed by atoms with Gasteiger partial charge in [-0.3, -0.25) is 0 Å². The van der Waals surface area contributed by atoms with E-state index in [0.29, 0.717) is 18.5 Å². The van der Waals surface area contributed by atoms with E-state index < -0.39 is 0 Å². The molecular formula is C15H25N3O. The second-order valence-corrected chi connectivity index (χ2v) is 5.29. The normalized spacial score (nSPS) is 23.4. The van der Waals surface area contributed by atoms with E-state index in [9.17, 15) is 0 Å². The van der Waals surface area contributed by atoms with Crippen LogP contribution in [0, 0.1) is 5.92 Å². The average molecular weight is 263 g/mol. The number of hydrogen-bond donors (Lipinski definition) is 1. The molecule has 0 radical (unpaired) electrons. The smallest absolute Gasteiger partial charge is 0.171 e. The molecule has 1 aliphatic heterocycles. The molecule has 1 aliphatic rings. The number of piperidine rings is 1. The molecule has 2 unspecified atom stereocenters. The average Bonchev–Trinajstić information content (AvgIpc) is 2.45. The number of ether oxygens (including phenoxy) is 1. The van der Waals surface area contributed by atoms with E-state index in [0.717, 1.165) is 31.1 Å². The van der Waals surface area contributed by atoms with Crippen LogP contribution in [0.25, 0.3) is 0 Å². The first kappa shape index (κ1) is 14.1. The standard InChI is InChI=1S/C15H25N3O/c1-3-10-19-14-7-4-8-17-15(14)18-9-5-6-12(2)13(18)11-16/h4,7-8,12-13H,3,5-6,9-11,16H2,1-2H3. The number of anilines is 1. The van der Waals surface area contributed by atoms with E-state index in [1.807, 2.05) is 18.3 Å². The van der Waals surface area contributed by atoms with E-state index in [4.69, 9.17) is 10.5 Å². The Labute approximate surface area is 116 Å². The maximum Gasteiger partial charge on any atom is 0.171 e. The van der Waals surface area contributed by atoms with Gasteiger partial charge in [0.2, 0.25) is 0 Å². The predicted octanol–water partition coefficient (Wildman–Crippen LogP) is 2.43. The van der Waals surface area contributed by atoms with E-state index in [-0.39, 0.29) is 0 Å². The largest absolute Gasteiger partial charge is 0.490 e. The number of pyridine rings is 1. The summed E-state index contributed by atoms with van der Waals surface area (Å²) in [6, 6.07) is 4.30. The van der Waals surface area contributed by atoms with Gasteiger partial charge in [0.25, 0.3) is 0 Å². The molecule has 0 saturated carbocycles. The van der Waals surface area contributed by atoms with Crippen molar-refractivity contribution in [1.82, 2.24) is 4.98 Å². The number of aromatic nitrogens is 1. The van der Waals surface area contributed by atoms with Crippen molar-refractivity contribution < 1.29 is 4.74 Å². The minimum atomic E-state index is 0.368. The highest BCUT2D eigenvalue weighted by atomic mass is 16.5. The molecule has 106 valence electrons. The fourth-order valence-electron chi connectivity index (χ4n) is 2.79. The van der Waals surface area contributed by atoms with Crippen LogP contribution < -0.4 is 15.4 Å². The molecule has 1 fully saturated rings. The molecule has 4 nitrogen and oxygen atoms in total. The Morgan fingerprint density at radius 2 is 2.37 bits per heavy atom. The van der Waals surface area contributed by atoms with E-state index >= 15 is 0 Å². The summed E-state index contributed by atoms with van der Waals surface area (Å²) < 4.78 is 5.82. The van der Waals surface area contributed by atoms with Crippen LogP contribution in [-0.4, -0.2) is 30.7 Å². The minimum Gasteiger partial charge on any atom is -0.490 e. The zero-order valence-electron chi connectivity index (χ0n) is 12.0. The molecule has 1 saturated heterocycles. The van der Waals surface area contributed by atoms with Crippen LogP contribution in [0.3, 0.4) is 0 Å². The minimum absolute atomic E-state index is 0.368. The molecule has 0 bridgehead atoms. The molecule has 1 aromatic rings. The molecule has 1 aromatic heterocycles. The Hall–Kier alpha value is -1.29. The zero-order chi connectivity index (χ0) is 13.7. The molecule has 19 heavy (non-hydrogen) atoms. The van der Waals surface area contributed by atoms with Crippen molar-refractivity contribution in [2.75, 3.05) is 24.6 Å². The van der Waals surface area contributed by atoms with Gasteiger partial charge in [-0.15, -0.1) is 0 Å². The number of nitrogens with two attached hydrogens (primary N) is 1. The first-order valence-electron chi connectivity index (χ1n) is 7.32. The van der Waals surface area contributed by atoms with Gasteiger partial charge in [-0.05, 0) is 37.3 Å². The van der Waals surface area contributed by atoms with Gasteiger partial charge < -0.3 is 15.4 Å². The van der Waals surface area contributed by atoms with Crippen molar-refractivity contribution in [1.29, 1.82) is 0 Å². The summed E-state index contributed by atoms with van der Waals surface area (Å²) in [7, 11) is 0. The van der Waals surface area contributed by atoms with Gasteiger partial charge in [0.05, 0.1) is 6.61 Å². The predicted molar refractivity (Wildman–Crippen MR) is 78.6 cm³/mol. The number of nitrogens with zero attached hydrogens (tertiary/aromatic N) is 2. The molecule has 2 heterocycles. The molecule has 0 aromatic carbocycles. The van der Waals surface area contributed by atoms with Crippen molar-refractivity contribution in [3.63, 3.8) is 0 Å². The highest BCUT2D eigenvalue weighted by Gasteiger charge is 2.29. The van der Waals surface area contributed by atoms with Gasteiger partial charge in [0.15, 0.2) is 11.6 Å². The summed E-state index contributed by atoms with van der Waals surface area (Å²) >= 11 is 0. The summed E-state index contributed by atoms with van der Waals surface area (Å²) in [6.45, 7) is 6.81. The summed E-state index contributed by atoms with van der Waals surface area (Å²) in [6.07, 6.45) is 5.28. The molecule has 2 N–H and O–H groups in total. The first-order chi connectivity index (χ1) is 9.27. The Morgan fingerprint density at radius 1 is 1.53 bits per heavy atom. The van der Waals surface area contributed by atoms with Gasteiger partial charge in [-0.2, -0.15) is 0 Å². The van der Waals surface area contributed by atoms with Crippen LogP contribution in [-0.2, 0) is 0 Å². The van der Waals surface area contributed by atoms with E-state index in [1.165, 1.54) is 12.8 Å². The summed E-state index contributed by atoms with van der Waals surface area (Å²) in [5, 5.41) is 0. The third-order valence-corrected chi connectivity index (χ3v) is 3.84. The van der Waals surface area contributed by atoms with Crippen LogP contribution in [0.1, 0.15) is 33.1 Å². The SMILES string of the molecule is CCCOc1cccnc1N1CCCC(C)C1CN. The lowest BCUT2D eigenvalue weighted by Crippen LogP contribution is -2.49. The van der Waals surface area contributed by atoms with Gasteiger partial charge >= 0.3 is 0 Å². The Bertz CT molecular complexity index is 397. The Morgan fingerprint density at radius 3 is 3.11 bits per heavy atom. The van der Waals surface area contributed by atoms with Crippen molar-refractivity contribution in [3.8, 4) is 5.75 Å². The first-order valence-corrected chi connectivity index (χ1v) is 7.32. The maximum atomic E-state index is 5.96. The van der Waals surface area contributed by atoms with Crippen LogP contribution in [0.2, 0.25) is 0 Å². The van der Waals surface area contributed by atoms with E-state index in [2.05, 4.69) is 23.7 Å². The lowest BCUT2D eigenvalue weighted by atomic mass is 9.91. The van der Waals surface area contributed by atoms with Crippen LogP contribution >= 0.6 is 0 Å². The third-order valence-electron chi connectivity index (χ3n) is 3.84. The number of rotatable bonds is 5. The lowest BCUT2D eigenvalue weighted by molar-refractivity contribution is 0.307. The maximum absolute atomic E-state index is 5.96. The third kappa shape index (κ3) is 3.18. The summed E-state index contributed by atoms with van der Waals surface area (Å²) in [5.74, 6) is 2.45. The number of hydrogen-bond acceptors (Lipinski definition) is 4. The fourth-order valence-corrected chi connectivity index (χ4v) is 2.79. The fraction of sp³-hybridized carbons (Fsp3) is 0.667. The topological polar surface area (TPSA) is 51.4 Å². The second kappa shape index (κ2) is 6.75. The van der Waals surface area contributed by atoms with Crippen molar-refractivity contribution in [2.45, 2.75) is 39.2 Å². The quantitative estimate of drug-likeness (QED) is 0.886. The molecule has 2 rings (SSSR count). The van der Waals surface area contributed by atoms with E-state index in [1.54, 1.807) is 0 Å². The van der Waals surface area contributed by atoms with Crippen LogP contribution in [0.4, 0.5) is 5.82 Å². The Balaban J connectivity index is 2.23. The molecule has 0 aliphatic carbocycles. The van der Waals surface area contributed by atoms with Crippen LogP contribution in [0.5, 0.6) is 5.75 Å². The van der Waals surface area contributed by atoms with Crippen molar-refractivity contribution in [3.05, 3.63) is 18.3 Å². The van der Waals surface area contributed by atoms with Gasteiger partial charge in [0.1, 0.15) is 0 Å². The zero-order valence-corrected chi connectivity index (χ0v) is 12.0.